The van der Waals surface area contributed by atoms with Crippen LogP contribution in [-0.4, -0.2) is 12.9 Å². The van der Waals surface area contributed by atoms with E-state index in [0.717, 1.165) is 11.1 Å². The second-order valence-electron chi connectivity index (χ2n) is 5.46. The van der Waals surface area contributed by atoms with Crippen LogP contribution in [0.25, 0.3) is 0 Å². The number of benzene rings is 2. The van der Waals surface area contributed by atoms with Gasteiger partial charge >= 0.3 is 0 Å². The van der Waals surface area contributed by atoms with E-state index < -0.39 is 0 Å². The minimum atomic E-state index is -0.224. The molecular weight excluding hydrogens is 264 g/mol. The average molecular weight is 282 g/mol. The van der Waals surface area contributed by atoms with Crippen molar-refractivity contribution in [3.8, 4) is 11.5 Å². The lowest BCUT2D eigenvalue weighted by Crippen LogP contribution is -2.21. The van der Waals surface area contributed by atoms with E-state index in [4.69, 9.17) is 9.47 Å². The molecule has 1 heterocycles. The molecule has 0 radical (unpaired) electrons. The number of ether oxygens (including phenoxy) is 2. The summed E-state index contributed by atoms with van der Waals surface area (Å²) in [6.45, 7) is 4.11. The summed E-state index contributed by atoms with van der Waals surface area (Å²) in [4.78, 5) is 12.3. The first-order valence-corrected chi connectivity index (χ1v) is 7.03. The second-order valence-corrected chi connectivity index (χ2v) is 5.46. The molecule has 0 bridgehead atoms. The fraction of sp³-hybridized carbons (Fsp3) is 0.278. The first kappa shape index (κ1) is 13.7. The van der Waals surface area contributed by atoms with Crippen molar-refractivity contribution in [1.82, 2.24) is 0 Å². The van der Waals surface area contributed by atoms with Crippen molar-refractivity contribution in [2.75, 3.05) is 7.11 Å². The molecule has 0 aromatic heterocycles. The van der Waals surface area contributed by atoms with Crippen molar-refractivity contribution in [2.45, 2.75) is 26.4 Å². The first-order chi connectivity index (χ1) is 10.1. The number of fused-ring (bicyclic) bond motifs is 1. The third kappa shape index (κ3) is 2.51. The van der Waals surface area contributed by atoms with E-state index in [9.17, 15) is 4.79 Å². The van der Waals surface area contributed by atoms with Crippen LogP contribution in [0.5, 0.6) is 11.5 Å². The summed E-state index contributed by atoms with van der Waals surface area (Å²) < 4.78 is 11.3. The van der Waals surface area contributed by atoms with Crippen LogP contribution in [0.2, 0.25) is 0 Å². The fourth-order valence-electron chi connectivity index (χ4n) is 2.79. The lowest BCUT2D eigenvalue weighted by Gasteiger charge is -2.27. The van der Waals surface area contributed by atoms with E-state index in [1.165, 1.54) is 5.56 Å². The predicted molar refractivity (Wildman–Crippen MR) is 81.2 cm³/mol. The molecule has 3 rings (SSSR count). The van der Waals surface area contributed by atoms with Crippen molar-refractivity contribution in [3.05, 3.63) is 58.7 Å². The zero-order valence-electron chi connectivity index (χ0n) is 12.5. The van der Waals surface area contributed by atoms with Gasteiger partial charge in [-0.3, -0.25) is 4.79 Å². The van der Waals surface area contributed by atoms with Crippen LogP contribution < -0.4 is 9.47 Å². The number of Topliss-reactive ketones (excluding diaryl/α,β-unsaturated/α-hetero) is 1. The maximum Gasteiger partial charge on any atom is 0.170 e. The number of rotatable bonds is 2. The Labute approximate surface area is 124 Å². The van der Waals surface area contributed by atoms with Gasteiger partial charge in [-0.25, -0.2) is 0 Å². The summed E-state index contributed by atoms with van der Waals surface area (Å²) in [6, 6.07) is 11.6. The Balaban J connectivity index is 1.99. The Hall–Kier alpha value is -2.29. The molecule has 1 aliphatic rings. The molecule has 1 unspecified atom stereocenters. The van der Waals surface area contributed by atoms with E-state index in [2.05, 4.69) is 26.0 Å². The third-order valence-corrected chi connectivity index (χ3v) is 3.90. The minimum Gasteiger partial charge on any atom is -0.497 e. The molecule has 0 aliphatic carbocycles. The van der Waals surface area contributed by atoms with Crippen molar-refractivity contribution >= 4 is 5.78 Å². The van der Waals surface area contributed by atoms with Crippen LogP contribution in [0.4, 0.5) is 0 Å². The Morgan fingerprint density at radius 1 is 1.14 bits per heavy atom. The third-order valence-electron chi connectivity index (χ3n) is 3.90. The number of carbonyl (C=O) groups excluding carboxylic acids is 1. The topological polar surface area (TPSA) is 35.5 Å². The second kappa shape index (κ2) is 5.24. The van der Waals surface area contributed by atoms with Gasteiger partial charge in [0.15, 0.2) is 5.78 Å². The van der Waals surface area contributed by atoms with Crippen molar-refractivity contribution < 1.29 is 14.3 Å². The number of methoxy groups -OCH3 is 1. The summed E-state index contributed by atoms with van der Waals surface area (Å²) in [7, 11) is 1.61. The summed E-state index contributed by atoms with van der Waals surface area (Å²) >= 11 is 0. The SMILES string of the molecule is COc1ccc2c(c1)OC(c1ccc(C)cc1C)CC2=O. The molecule has 2 aromatic carbocycles. The van der Waals surface area contributed by atoms with Gasteiger partial charge < -0.3 is 9.47 Å². The highest BCUT2D eigenvalue weighted by molar-refractivity contribution is 6.00. The molecule has 0 N–H and O–H groups in total. The van der Waals surface area contributed by atoms with Crippen LogP contribution in [-0.2, 0) is 0 Å². The molecule has 1 aliphatic heterocycles. The van der Waals surface area contributed by atoms with Gasteiger partial charge in [-0.1, -0.05) is 23.8 Å². The predicted octanol–water partition coefficient (Wildman–Crippen LogP) is 4.02. The number of aryl methyl sites for hydroxylation is 2. The van der Waals surface area contributed by atoms with Gasteiger partial charge in [-0.05, 0) is 37.1 Å². The van der Waals surface area contributed by atoms with Gasteiger partial charge in [-0.15, -0.1) is 0 Å². The van der Waals surface area contributed by atoms with Crippen LogP contribution in [0.1, 0.15) is 39.6 Å². The molecule has 1 atom stereocenters. The molecule has 3 nitrogen and oxygen atoms in total. The van der Waals surface area contributed by atoms with Gasteiger partial charge in [0.05, 0.1) is 19.1 Å². The zero-order chi connectivity index (χ0) is 15.0. The number of hydrogen-bond acceptors (Lipinski definition) is 3. The van der Waals surface area contributed by atoms with Gasteiger partial charge in [0.25, 0.3) is 0 Å². The molecule has 0 spiro atoms. The number of carbonyl (C=O) groups is 1. The number of ketones is 1. The van der Waals surface area contributed by atoms with E-state index in [1.807, 2.05) is 6.07 Å². The maximum atomic E-state index is 12.3. The highest BCUT2D eigenvalue weighted by Crippen LogP contribution is 2.37. The quantitative estimate of drug-likeness (QED) is 0.834. The monoisotopic (exact) mass is 282 g/mol. The van der Waals surface area contributed by atoms with Crippen LogP contribution in [0, 0.1) is 13.8 Å². The highest BCUT2D eigenvalue weighted by atomic mass is 16.5. The van der Waals surface area contributed by atoms with Gasteiger partial charge in [0.1, 0.15) is 17.6 Å². The van der Waals surface area contributed by atoms with E-state index in [0.29, 0.717) is 23.5 Å². The van der Waals surface area contributed by atoms with Gasteiger partial charge in [0, 0.05) is 6.07 Å². The fourth-order valence-corrected chi connectivity index (χ4v) is 2.79. The Bertz CT molecular complexity index is 704. The van der Waals surface area contributed by atoms with E-state index >= 15 is 0 Å². The van der Waals surface area contributed by atoms with Crippen LogP contribution in [0.3, 0.4) is 0 Å². The van der Waals surface area contributed by atoms with Crippen LogP contribution in [0.15, 0.2) is 36.4 Å². The molecule has 0 amide bonds. The molecule has 0 saturated carbocycles. The average Bonchev–Trinajstić information content (AvgIpc) is 2.46. The van der Waals surface area contributed by atoms with Gasteiger partial charge in [0.2, 0.25) is 0 Å². The summed E-state index contributed by atoms with van der Waals surface area (Å²) in [5, 5.41) is 0. The molecule has 108 valence electrons. The highest BCUT2D eigenvalue weighted by Gasteiger charge is 2.28. The first-order valence-electron chi connectivity index (χ1n) is 7.03. The molecule has 0 saturated heterocycles. The Kier molecular flexibility index (Phi) is 3.42. The molecule has 3 heteroatoms. The standard InChI is InChI=1S/C18H18O3/c1-11-4-6-14(12(2)8-11)18-10-16(19)15-7-5-13(20-3)9-17(15)21-18/h4-9,18H,10H2,1-3H3. The minimum absolute atomic E-state index is 0.115. The lowest BCUT2D eigenvalue weighted by atomic mass is 9.93. The zero-order valence-corrected chi connectivity index (χ0v) is 12.5. The van der Waals surface area contributed by atoms with Gasteiger partial charge in [-0.2, -0.15) is 0 Å². The van der Waals surface area contributed by atoms with Crippen molar-refractivity contribution in [3.63, 3.8) is 0 Å². The Morgan fingerprint density at radius 2 is 1.95 bits per heavy atom. The normalized spacial score (nSPS) is 17.1. The maximum absolute atomic E-state index is 12.3. The molecule has 0 fully saturated rings. The number of hydrogen-bond donors (Lipinski definition) is 0. The van der Waals surface area contributed by atoms with Crippen molar-refractivity contribution in [1.29, 1.82) is 0 Å². The Morgan fingerprint density at radius 3 is 2.67 bits per heavy atom. The van der Waals surface area contributed by atoms with Crippen molar-refractivity contribution in [2.24, 2.45) is 0 Å². The lowest BCUT2D eigenvalue weighted by molar-refractivity contribution is 0.0849. The van der Waals surface area contributed by atoms with E-state index in [-0.39, 0.29) is 11.9 Å². The molecular formula is C18H18O3. The molecule has 2 aromatic rings. The largest absolute Gasteiger partial charge is 0.497 e. The summed E-state index contributed by atoms with van der Waals surface area (Å²) in [5.41, 5.74) is 4.07. The van der Waals surface area contributed by atoms with Crippen LogP contribution >= 0.6 is 0 Å². The summed E-state index contributed by atoms with van der Waals surface area (Å²) in [5.74, 6) is 1.42. The summed E-state index contributed by atoms with van der Waals surface area (Å²) in [6.07, 6.45) is 0.154. The van der Waals surface area contributed by atoms with E-state index in [1.54, 1.807) is 25.3 Å². The smallest absolute Gasteiger partial charge is 0.170 e. The molecule has 21 heavy (non-hydrogen) atoms.